The molecule has 0 aromatic rings. The van der Waals surface area contributed by atoms with Crippen LogP contribution >= 0.6 is 0 Å². The molecule has 7 heteroatoms. The third-order valence-corrected chi connectivity index (χ3v) is 0. The largest absolute Gasteiger partial charge is 0.412 e. The van der Waals surface area contributed by atoms with Gasteiger partial charge in [0.1, 0.15) is 0 Å². The third-order valence-electron chi connectivity index (χ3n) is 0. The molecule has 0 amide bonds. The van der Waals surface area contributed by atoms with Crippen molar-refractivity contribution in [1.29, 1.82) is 0 Å². The molecule has 0 rings (SSSR count). The molecule has 52 valence electrons. The summed E-state index contributed by atoms with van der Waals surface area (Å²) in [5, 5.41) is 0. The van der Waals surface area contributed by atoms with E-state index in [-0.39, 0.29) is 54.6 Å². The van der Waals surface area contributed by atoms with Crippen molar-refractivity contribution in [2.45, 2.75) is 0 Å². The first-order valence-electron chi connectivity index (χ1n) is 0. The minimum Gasteiger partial charge on any atom is -0.412 e. The van der Waals surface area contributed by atoms with Crippen LogP contribution in [0.5, 0.6) is 0 Å². The van der Waals surface area contributed by atoms with Crippen LogP contribution in [0.2, 0.25) is 0 Å². The second-order valence-electron chi connectivity index (χ2n) is 0. The summed E-state index contributed by atoms with van der Waals surface area (Å²) >= 11 is 0. The summed E-state index contributed by atoms with van der Waals surface area (Å²) in [7, 11) is 0. The molecule has 12 N–H and O–H groups in total. The summed E-state index contributed by atoms with van der Waals surface area (Å²) in [6.07, 6.45) is 0. The van der Waals surface area contributed by atoms with E-state index < -0.39 is 0 Å². The topological polar surface area (TPSA) is 189 Å². The first-order chi connectivity index (χ1) is 0. The van der Waals surface area contributed by atoms with Crippen molar-refractivity contribution in [2.24, 2.45) is 0 Å². The van der Waals surface area contributed by atoms with Gasteiger partial charge in [-0.3, -0.25) is 0 Å². The normalized spacial score (nSPS) is 0. The van der Waals surface area contributed by atoms with Gasteiger partial charge < -0.3 is 32.9 Å². The Kier molecular flexibility index (Phi) is 172000. The zero-order valence-corrected chi connectivity index (χ0v) is 5.06. The Bertz CT molecular complexity index is 4.14. The van der Waals surface area contributed by atoms with Crippen molar-refractivity contribution in [3.05, 3.63) is 0 Å². The van der Waals surface area contributed by atoms with Gasteiger partial charge in [0.25, 0.3) is 0 Å². The van der Waals surface area contributed by atoms with Crippen molar-refractivity contribution in [3.8, 4) is 0 Å². The maximum absolute atomic E-state index is 0. The Morgan fingerprint density at radius 3 is 0.286 bits per heavy atom. The number of rotatable bonds is 0. The van der Waals surface area contributed by atoms with Crippen molar-refractivity contribution in [3.63, 3.8) is 0 Å². The van der Waals surface area contributed by atoms with Crippen LogP contribution in [0.1, 0.15) is 0 Å². The predicted molar refractivity (Wildman–Crippen MR) is 21.7 cm³/mol. The molecule has 0 aliphatic heterocycles. The van der Waals surface area contributed by atoms with Gasteiger partial charge in [0.05, 0.1) is 0 Å². The van der Waals surface area contributed by atoms with E-state index >= 15 is 0 Å². The smallest absolute Gasteiger partial charge is 0 e. The molecule has 6 nitrogen and oxygen atoms in total. The fraction of sp³-hybridized carbons (Fsp3) is 0. The average molecular weight is 156 g/mol. The Morgan fingerprint density at radius 2 is 0.286 bits per heavy atom. The molecule has 0 saturated heterocycles. The Balaban J connectivity index is 0. The maximum Gasteiger partial charge on any atom is 0 e. The molecule has 0 radical (unpaired) electrons. The van der Waals surface area contributed by atoms with E-state index in [4.69, 9.17) is 0 Å². The summed E-state index contributed by atoms with van der Waals surface area (Å²) in [4.78, 5) is 0. The van der Waals surface area contributed by atoms with Crippen LogP contribution in [0, 0.1) is 0 Å². The van der Waals surface area contributed by atoms with E-state index in [1.807, 2.05) is 0 Å². The van der Waals surface area contributed by atoms with Crippen LogP contribution in [-0.4, -0.2) is 32.9 Å². The van der Waals surface area contributed by atoms with Crippen molar-refractivity contribution in [1.82, 2.24) is 0 Å². The Morgan fingerprint density at radius 1 is 0.286 bits per heavy atom. The summed E-state index contributed by atoms with van der Waals surface area (Å²) < 4.78 is 0. The van der Waals surface area contributed by atoms with Gasteiger partial charge in [-0.2, -0.15) is 0 Å². The van der Waals surface area contributed by atoms with Crippen LogP contribution in [-0.2, 0) is 21.7 Å². The van der Waals surface area contributed by atoms with E-state index in [2.05, 4.69) is 0 Å². The Hall–Kier alpha value is 0.474. The first kappa shape index (κ1) is 1390. The minimum absolute atomic E-state index is 0. The predicted octanol–water partition coefficient (Wildman–Crippen LogP) is -4.95. The maximum atomic E-state index is 0. The molecule has 0 spiro atoms. The van der Waals surface area contributed by atoms with E-state index in [0.717, 1.165) is 0 Å². The fourth-order valence-electron chi connectivity index (χ4n) is 0. The second kappa shape index (κ2) is 863. The summed E-state index contributed by atoms with van der Waals surface area (Å²) in [6.45, 7) is 0. The first-order valence-corrected chi connectivity index (χ1v) is 0. The molecule has 0 aliphatic rings. The zero-order chi connectivity index (χ0) is 0. The molecule has 0 saturated carbocycles. The van der Waals surface area contributed by atoms with Gasteiger partial charge >= 0.3 is 0 Å². The fourth-order valence-corrected chi connectivity index (χ4v) is 0. The van der Waals surface area contributed by atoms with Crippen molar-refractivity contribution < 1.29 is 54.6 Å². The molecule has 0 fully saturated rings. The molecule has 0 aromatic carbocycles. The molecule has 7 heavy (non-hydrogen) atoms. The van der Waals surface area contributed by atoms with Crippen LogP contribution in [0.3, 0.4) is 0 Å². The second-order valence-corrected chi connectivity index (χ2v) is 0. The van der Waals surface area contributed by atoms with Gasteiger partial charge in [-0.1, -0.05) is 0 Å². The van der Waals surface area contributed by atoms with Crippen LogP contribution in [0.4, 0.5) is 0 Å². The summed E-state index contributed by atoms with van der Waals surface area (Å²) in [5.74, 6) is 0. The van der Waals surface area contributed by atoms with Gasteiger partial charge in [0.2, 0.25) is 0 Å². The summed E-state index contributed by atoms with van der Waals surface area (Å²) in [5.41, 5.74) is 0. The molecule has 0 aliphatic carbocycles. The van der Waals surface area contributed by atoms with Gasteiger partial charge in [-0.25, -0.2) is 0 Å². The molecular formula is H12O6Ti. The van der Waals surface area contributed by atoms with Crippen LogP contribution < -0.4 is 0 Å². The van der Waals surface area contributed by atoms with Gasteiger partial charge in [-0.05, 0) is 0 Å². The van der Waals surface area contributed by atoms with E-state index in [9.17, 15) is 0 Å². The van der Waals surface area contributed by atoms with E-state index in [0.29, 0.717) is 0 Å². The SMILES string of the molecule is O.O.O.O.O.O.[Ti]. The molecule has 0 aromatic heterocycles. The van der Waals surface area contributed by atoms with Crippen molar-refractivity contribution >= 4 is 0 Å². The van der Waals surface area contributed by atoms with E-state index in [1.165, 1.54) is 0 Å². The van der Waals surface area contributed by atoms with Gasteiger partial charge in [-0.15, -0.1) is 0 Å². The van der Waals surface area contributed by atoms with Crippen LogP contribution in [0.25, 0.3) is 0 Å². The molecule has 0 bridgehead atoms. The third kappa shape index (κ3) is 576. The zero-order valence-electron chi connectivity index (χ0n) is 3.50. The molecule has 0 heterocycles. The number of hydrogen-bond acceptors (Lipinski definition) is 0. The monoisotopic (exact) mass is 156 g/mol. The average Bonchev–Trinajstić information content (AvgIpc) is 0. The van der Waals surface area contributed by atoms with Gasteiger partial charge in [0.15, 0.2) is 0 Å². The number of hydrogen-bond donors (Lipinski definition) is 0. The Labute approximate surface area is 55.3 Å². The summed E-state index contributed by atoms with van der Waals surface area (Å²) in [6, 6.07) is 0. The molecule has 0 atom stereocenters. The van der Waals surface area contributed by atoms with Crippen molar-refractivity contribution in [2.75, 3.05) is 0 Å². The minimum atomic E-state index is 0. The quantitative estimate of drug-likeness (QED) is 0.303. The molecular weight excluding hydrogens is 144 g/mol. The van der Waals surface area contributed by atoms with Gasteiger partial charge in [0, 0.05) is 21.7 Å². The van der Waals surface area contributed by atoms with E-state index in [1.54, 1.807) is 0 Å². The standard InChI is InChI=1S/6H2O.Ti/h6*1H2;. The van der Waals surface area contributed by atoms with Crippen LogP contribution in [0.15, 0.2) is 0 Å². The molecule has 0 unspecified atom stereocenters.